The number of aryl methyl sites for hydroxylation is 1. The number of carbonyl (C=O) groups excluding carboxylic acids is 1. The first-order valence-corrected chi connectivity index (χ1v) is 12.2. The molecule has 0 radical (unpaired) electrons. The summed E-state index contributed by atoms with van der Waals surface area (Å²) in [5, 5.41) is 0. The molecule has 1 aliphatic carbocycles. The molecule has 0 spiro atoms. The Labute approximate surface area is 191 Å². The van der Waals surface area contributed by atoms with Crippen molar-refractivity contribution in [1.29, 1.82) is 0 Å². The highest BCUT2D eigenvalue weighted by Gasteiger charge is 2.29. The molecule has 2 aromatic rings. The Bertz CT molecular complexity index is 977. The van der Waals surface area contributed by atoms with Crippen LogP contribution < -0.4 is 0 Å². The first kappa shape index (κ1) is 21.6. The second-order valence-electron chi connectivity index (χ2n) is 9.78. The second kappa shape index (κ2) is 9.32. The van der Waals surface area contributed by atoms with Gasteiger partial charge in [-0.1, -0.05) is 42.7 Å². The minimum atomic E-state index is -0.174. The van der Waals surface area contributed by atoms with Crippen LogP contribution in [0.25, 0.3) is 11.1 Å². The Hall–Kier alpha value is -2.24. The molecule has 0 bridgehead atoms. The van der Waals surface area contributed by atoms with Crippen molar-refractivity contribution >= 4 is 5.91 Å². The van der Waals surface area contributed by atoms with Crippen LogP contribution >= 0.6 is 0 Å². The fourth-order valence-corrected chi connectivity index (χ4v) is 5.67. The third-order valence-electron chi connectivity index (χ3n) is 7.60. The monoisotopic (exact) mass is 435 g/mol. The zero-order valence-electron chi connectivity index (χ0n) is 19.2. The molecule has 5 heteroatoms. The molecule has 1 amide bonds. The fourth-order valence-electron chi connectivity index (χ4n) is 5.67. The highest BCUT2D eigenvalue weighted by Crippen LogP contribution is 2.29. The topological polar surface area (TPSA) is 26.8 Å². The number of carbonyl (C=O) groups is 1. The third kappa shape index (κ3) is 4.60. The molecule has 1 saturated carbocycles. The van der Waals surface area contributed by atoms with Gasteiger partial charge >= 0.3 is 0 Å². The lowest BCUT2D eigenvalue weighted by Crippen LogP contribution is -2.53. The van der Waals surface area contributed by atoms with E-state index in [9.17, 15) is 9.18 Å². The molecule has 32 heavy (non-hydrogen) atoms. The SMILES string of the molecule is Cc1ccc(F)c(-c2ccc3c(c2)CCN(CC(=O)N2CCN(C4CCCC4)CC2)C3)c1. The molecule has 2 aromatic carbocycles. The Morgan fingerprint density at radius 2 is 1.75 bits per heavy atom. The van der Waals surface area contributed by atoms with Gasteiger partial charge in [0.05, 0.1) is 6.54 Å². The number of piperazine rings is 1. The molecular formula is C27H34FN3O. The minimum absolute atomic E-state index is 0.174. The van der Waals surface area contributed by atoms with Gasteiger partial charge in [-0.3, -0.25) is 14.6 Å². The van der Waals surface area contributed by atoms with E-state index in [1.165, 1.54) is 36.8 Å². The molecule has 2 fully saturated rings. The molecule has 4 nitrogen and oxygen atoms in total. The lowest BCUT2D eigenvalue weighted by molar-refractivity contribution is -0.134. The van der Waals surface area contributed by atoms with E-state index in [-0.39, 0.29) is 11.7 Å². The quantitative estimate of drug-likeness (QED) is 0.719. The van der Waals surface area contributed by atoms with Gasteiger partial charge in [0.2, 0.25) is 5.91 Å². The summed E-state index contributed by atoms with van der Waals surface area (Å²) in [6.07, 6.45) is 6.29. The molecule has 5 rings (SSSR count). The van der Waals surface area contributed by atoms with E-state index in [1.807, 2.05) is 19.1 Å². The van der Waals surface area contributed by atoms with Gasteiger partial charge in [0.1, 0.15) is 5.82 Å². The Morgan fingerprint density at radius 3 is 2.53 bits per heavy atom. The summed E-state index contributed by atoms with van der Waals surface area (Å²) in [6.45, 7) is 7.94. The molecule has 3 aliphatic rings. The van der Waals surface area contributed by atoms with Crippen LogP contribution in [-0.2, 0) is 17.8 Å². The Balaban J connectivity index is 1.18. The largest absolute Gasteiger partial charge is 0.339 e. The number of fused-ring (bicyclic) bond motifs is 1. The second-order valence-corrected chi connectivity index (χ2v) is 9.78. The number of halogens is 1. The van der Waals surface area contributed by atoms with Crippen molar-refractivity contribution < 1.29 is 9.18 Å². The molecule has 0 aromatic heterocycles. The molecule has 0 atom stereocenters. The predicted octanol–water partition coefficient (Wildman–Crippen LogP) is 4.25. The molecule has 0 N–H and O–H groups in total. The highest BCUT2D eigenvalue weighted by molar-refractivity contribution is 5.78. The summed E-state index contributed by atoms with van der Waals surface area (Å²) in [7, 11) is 0. The molecule has 170 valence electrons. The zero-order chi connectivity index (χ0) is 22.1. The first-order valence-electron chi connectivity index (χ1n) is 12.2. The van der Waals surface area contributed by atoms with Gasteiger partial charge in [-0.05, 0) is 55.0 Å². The van der Waals surface area contributed by atoms with Crippen LogP contribution in [0.3, 0.4) is 0 Å². The van der Waals surface area contributed by atoms with Gasteiger partial charge in [-0.2, -0.15) is 0 Å². The van der Waals surface area contributed by atoms with Gasteiger partial charge in [0, 0.05) is 50.9 Å². The molecule has 2 aliphatic heterocycles. The van der Waals surface area contributed by atoms with Crippen molar-refractivity contribution in [1.82, 2.24) is 14.7 Å². The number of rotatable bonds is 4. The normalized spacial score (nSPS) is 20.5. The van der Waals surface area contributed by atoms with Crippen molar-refractivity contribution in [3.05, 3.63) is 58.9 Å². The smallest absolute Gasteiger partial charge is 0.236 e. The lowest BCUT2D eigenvalue weighted by atomic mass is 9.94. The van der Waals surface area contributed by atoms with Crippen molar-refractivity contribution in [2.45, 2.75) is 51.6 Å². The summed E-state index contributed by atoms with van der Waals surface area (Å²) in [5.74, 6) is 0.0876. The zero-order valence-corrected chi connectivity index (χ0v) is 19.2. The van der Waals surface area contributed by atoms with Crippen LogP contribution in [0.15, 0.2) is 36.4 Å². The van der Waals surface area contributed by atoms with Crippen molar-refractivity contribution in [3.8, 4) is 11.1 Å². The maximum absolute atomic E-state index is 14.3. The van der Waals surface area contributed by atoms with Gasteiger partial charge in [0.25, 0.3) is 0 Å². The number of hydrogen-bond acceptors (Lipinski definition) is 3. The van der Waals surface area contributed by atoms with Crippen molar-refractivity contribution in [2.24, 2.45) is 0 Å². The number of nitrogens with zero attached hydrogens (tertiary/aromatic N) is 3. The van der Waals surface area contributed by atoms with E-state index >= 15 is 0 Å². The van der Waals surface area contributed by atoms with Gasteiger partial charge in [0.15, 0.2) is 0 Å². The molecular weight excluding hydrogens is 401 g/mol. The van der Waals surface area contributed by atoms with Gasteiger partial charge < -0.3 is 4.90 Å². The van der Waals surface area contributed by atoms with Crippen LogP contribution in [-0.4, -0.2) is 65.9 Å². The number of amides is 1. The van der Waals surface area contributed by atoms with E-state index in [2.05, 4.69) is 26.8 Å². The van der Waals surface area contributed by atoms with Crippen molar-refractivity contribution in [2.75, 3.05) is 39.3 Å². The van der Waals surface area contributed by atoms with Gasteiger partial charge in [-0.25, -0.2) is 4.39 Å². The number of hydrogen-bond donors (Lipinski definition) is 0. The van der Waals surface area contributed by atoms with Crippen molar-refractivity contribution in [3.63, 3.8) is 0 Å². The Morgan fingerprint density at radius 1 is 0.969 bits per heavy atom. The summed E-state index contributed by atoms with van der Waals surface area (Å²) in [6, 6.07) is 12.3. The maximum atomic E-state index is 14.3. The van der Waals surface area contributed by atoms with E-state index in [0.717, 1.165) is 62.9 Å². The van der Waals surface area contributed by atoms with Crippen LogP contribution in [0.5, 0.6) is 0 Å². The summed E-state index contributed by atoms with van der Waals surface area (Å²) < 4.78 is 14.3. The molecule has 0 unspecified atom stereocenters. The van der Waals surface area contributed by atoms with Gasteiger partial charge in [-0.15, -0.1) is 0 Å². The van der Waals surface area contributed by atoms with E-state index < -0.39 is 0 Å². The van der Waals surface area contributed by atoms with Crippen LogP contribution in [0.4, 0.5) is 4.39 Å². The average Bonchev–Trinajstić information content (AvgIpc) is 3.35. The van der Waals surface area contributed by atoms with Crippen LogP contribution in [0, 0.1) is 12.7 Å². The van der Waals surface area contributed by atoms with E-state index in [1.54, 1.807) is 12.1 Å². The minimum Gasteiger partial charge on any atom is -0.339 e. The fraction of sp³-hybridized carbons (Fsp3) is 0.519. The Kier molecular flexibility index (Phi) is 6.29. The lowest BCUT2D eigenvalue weighted by Gasteiger charge is -2.39. The van der Waals surface area contributed by atoms with Crippen LogP contribution in [0.2, 0.25) is 0 Å². The summed E-state index contributed by atoms with van der Waals surface area (Å²) in [5.41, 5.74) is 5.20. The maximum Gasteiger partial charge on any atom is 0.236 e. The summed E-state index contributed by atoms with van der Waals surface area (Å²) >= 11 is 0. The first-order chi connectivity index (χ1) is 15.6. The third-order valence-corrected chi connectivity index (χ3v) is 7.60. The average molecular weight is 436 g/mol. The molecule has 2 heterocycles. The predicted molar refractivity (Wildman–Crippen MR) is 126 cm³/mol. The highest BCUT2D eigenvalue weighted by atomic mass is 19.1. The molecule has 1 saturated heterocycles. The standard InChI is InChI=1S/C27H34FN3O/c1-20-6-9-26(28)25(16-20)22-7-8-23-18-29(11-10-21(23)17-22)19-27(32)31-14-12-30(13-15-31)24-4-2-3-5-24/h6-9,16-17,24H,2-5,10-15,18-19H2,1H3. The van der Waals surface area contributed by atoms with E-state index in [4.69, 9.17) is 0 Å². The van der Waals surface area contributed by atoms with Crippen LogP contribution in [0.1, 0.15) is 42.4 Å². The van der Waals surface area contributed by atoms with E-state index in [0.29, 0.717) is 12.1 Å². The number of benzene rings is 2. The summed E-state index contributed by atoms with van der Waals surface area (Å²) in [4.78, 5) is 19.9.